The molecule has 0 spiro atoms. The highest BCUT2D eigenvalue weighted by atomic mass is 35.5. The third-order valence-electron chi connectivity index (χ3n) is 6.89. The van der Waals surface area contributed by atoms with E-state index in [4.69, 9.17) is 39.5 Å². The Hall–Kier alpha value is -0.970. The Morgan fingerprint density at radius 3 is 2.36 bits per heavy atom. The molecule has 3 atom stereocenters. The minimum Gasteiger partial charge on any atom is -0.469 e. The number of carbonyl (C=O) groups excluding carboxylic acids is 1. The van der Waals surface area contributed by atoms with Gasteiger partial charge in [-0.1, -0.05) is 67.2 Å². The minimum atomic E-state index is -0.714. The highest BCUT2D eigenvalue weighted by Gasteiger charge is 2.58. The molecule has 4 nitrogen and oxygen atoms in total. The fourth-order valence-electron chi connectivity index (χ4n) is 5.48. The van der Waals surface area contributed by atoms with Gasteiger partial charge in [-0.3, -0.25) is 4.79 Å². The lowest BCUT2D eigenvalue weighted by Gasteiger charge is -2.54. The van der Waals surface area contributed by atoms with Gasteiger partial charge in [0.15, 0.2) is 0 Å². The lowest BCUT2D eigenvalue weighted by atomic mass is 9.49. The fraction of sp³-hybridized carbons (Fsp3) is 0.619. The molecule has 154 valence electrons. The van der Waals surface area contributed by atoms with Crippen LogP contribution in [0.1, 0.15) is 76.0 Å². The third-order valence-corrected chi connectivity index (χ3v) is 8.15. The van der Waals surface area contributed by atoms with Crippen molar-refractivity contribution in [1.82, 2.24) is 0 Å². The summed E-state index contributed by atoms with van der Waals surface area (Å²) in [5, 5.41) is 14.8. The average molecular weight is 447 g/mol. The number of ether oxygens (including phenoxy) is 1. The lowest BCUT2D eigenvalue weighted by Crippen LogP contribution is -2.54. The fourth-order valence-corrected chi connectivity index (χ4v) is 6.86. The Morgan fingerprint density at radius 1 is 1.18 bits per heavy atom. The molecule has 3 unspecified atom stereocenters. The van der Waals surface area contributed by atoms with Crippen molar-refractivity contribution in [2.24, 2.45) is 16.5 Å². The molecule has 1 N–H and O–H groups in total. The zero-order valence-electron chi connectivity index (χ0n) is 16.8. The van der Waals surface area contributed by atoms with Crippen molar-refractivity contribution in [1.29, 1.82) is 0 Å². The second-order valence-electron chi connectivity index (χ2n) is 8.74. The zero-order valence-corrected chi connectivity index (χ0v) is 19.1. The molecule has 2 aliphatic rings. The number of hydrogen-bond donors (Lipinski definition) is 1. The van der Waals surface area contributed by atoms with Gasteiger partial charge in [0, 0.05) is 5.56 Å². The number of methoxy groups -OCH3 is 1. The van der Waals surface area contributed by atoms with Crippen LogP contribution >= 0.6 is 34.8 Å². The summed E-state index contributed by atoms with van der Waals surface area (Å²) >= 11 is 20.3. The van der Waals surface area contributed by atoms with E-state index in [0.29, 0.717) is 39.2 Å². The Morgan fingerprint density at radius 2 is 1.82 bits per heavy atom. The van der Waals surface area contributed by atoms with Crippen LogP contribution in [0.3, 0.4) is 0 Å². The van der Waals surface area contributed by atoms with Crippen LogP contribution < -0.4 is 0 Å². The topological polar surface area (TPSA) is 58.9 Å². The molecule has 0 aromatic heterocycles. The molecule has 0 aliphatic heterocycles. The van der Waals surface area contributed by atoms with Crippen LogP contribution in [0.5, 0.6) is 0 Å². The number of fused-ring (bicyclic) bond motifs is 3. The van der Waals surface area contributed by atoms with E-state index in [1.54, 1.807) is 0 Å². The molecule has 0 heterocycles. The van der Waals surface area contributed by atoms with Gasteiger partial charge in [0.05, 0.1) is 33.3 Å². The van der Waals surface area contributed by atoms with Crippen LogP contribution in [0.2, 0.25) is 15.1 Å². The van der Waals surface area contributed by atoms with Crippen LogP contribution in [0, 0.1) is 11.3 Å². The number of nitrogens with zero attached hydrogens (tertiary/aromatic N) is 1. The second-order valence-corrected chi connectivity index (χ2v) is 9.88. The summed E-state index contributed by atoms with van der Waals surface area (Å²) in [5.41, 5.74) is 1.49. The number of esters is 1. The maximum atomic E-state index is 12.7. The minimum absolute atomic E-state index is 0.0555. The van der Waals surface area contributed by atoms with E-state index in [-0.39, 0.29) is 17.8 Å². The van der Waals surface area contributed by atoms with Crippen LogP contribution in [0.15, 0.2) is 5.16 Å². The van der Waals surface area contributed by atoms with E-state index in [1.165, 1.54) is 7.11 Å². The van der Waals surface area contributed by atoms with E-state index in [9.17, 15) is 10.0 Å². The Labute approximate surface area is 181 Å². The van der Waals surface area contributed by atoms with E-state index in [1.807, 2.05) is 20.8 Å². The molecular formula is C21H26Cl3NO3. The van der Waals surface area contributed by atoms with Gasteiger partial charge in [-0.2, -0.15) is 0 Å². The number of halogens is 3. The third kappa shape index (κ3) is 2.86. The summed E-state index contributed by atoms with van der Waals surface area (Å²) in [6, 6.07) is 0. The summed E-state index contributed by atoms with van der Waals surface area (Å²) in [7, 11) is 1.41. The highest BCUT2D eigenvalue weighted by molar-refractivity contribution is 6.46. The molecule has 1 saturated carbocycles. The molecular weight excluding hydrogens is 421 g/mol. The first-order valence-electron chi connectivity index (χ1n) is 9.55. The normalized spacial score (nSPS) is 30.9. The summed E-state index contributed by atoms with van der Waals surface area (Å²) in [5.74, 6) is -0.342. The molecule has 2 aliphatic carbocycles. The first-order chi connectivity index (χ1) is 13.0. The number of oxime groups is 1. The van der Waals surface area contributed by atoms with E-state index < -0.39 is 10.8 Å². The second kappa shape index (κ2) is 7.37. The average Bonchev–Trinajstić information content (AvgIpc) is 2.64. The summed E-state index contributed by atoms with van der Waals surface area (Å²) in [6.45, 7) is 8.03. The van der Waals surface area contributed by atoms with Gasteiger partial charge in [0.1, 0.15) is 0 Å². The van der Waals surface area contributed by atoms with Crippen molar-refractivity contribution in [2.45, 2.75) is 64.7 Å². The summed E-state index contributed by atoms with van der Waals surface area (Å²) in [4.78, 5) is 12.7. The Kier molecular flexibility index (Phi) is 5.72. The molecule has 0 radical (unpaired) electrons. The van der Waals surface area contributed by atoms with Gasteiger partial charge in [0.25, 0.3) is 0 Å². The number of hydrogen-bond acceptors (Lipinski definition) is 4. The van der Waals surface area contributed by atoms with Gasteiger partial charge in [0.2, 0.25) is 0 Å². The van der Waals surface area contributed by atoms with Crippen LogP contribution in [-0.2, 0) is 14.9 Å². The van der Waals surface area contributed by atoms with Crippen LogP contribution in [0.25, 0.3) is 0 Å². The maximum absolute atomic E-state index is 12.7. The molecule has 28 heavy (non-hydrogen) atoms. The Balaban J connectivity index is 2.37. The number of benzene rings is 1. The van der Waals surface area contributed by atoms with Crippen molar-refractivity contribution in [3.8, 4) is 0 Å². The van der Waals surface area contributed by atoms with E-state index in [2.05, 4.69) is 12.1 Å². The quantitative estimate of drug-likeness (QED) is 0.241. The first-order valence-corrected chi connectivity index (χ1v) is 10.7. The van der Waals surface area contributed by atoms with Gasteiger partial charge in [-0.15, -0.1) is 0 Å². The molecule has 0 bridgehead atoms. The SMILES string of the molecule is COC(=O)C1(C)CCCC2(C)c3c(Cl)c(Cl)c(C(C)C)c(Cl)c3C(=NO)CC12. The van der Waals surface area contributed by atoms with Gasteiger partial charge in [-0.05, 0) is 54.6 Å². The first kappa shape index (κ1) is 21.7. The van der Waals surface area contributed by atoms with Gasteiger partial charge >= 0.3 is 5.97 Å². The molecule has 1 aromatic carbocycles. The standard InChI is InChI=1S/C21H26Cl3NO3/c1-10(2)13-16(22)14-11(25-27)9-12-20(3,15(14)18(24)17(13)23)7-6-8-21(12,4)19(26)28-5/h10,12,27H,6-9H2,1-5H3. The van der Waals surface area contributed by atoms with Crippen molar-refractivity contribution in [3.63, 3.8) is 0 Å². The smallest absolute Gasteiger partial charge is 0.311 e. The highest BCUT2D eigenvalue weighted by Crippen LogP contribution is 2.61. The number of carbonyl (C=O) groups is 1. The summed E-state index contributed by atoms with van der Waals surface area (Å²) in [6.07, 6.45) is 2.81. The largest absolute Gasteiger partial charge is 0.469 e. The molecule has 1 fully saturated rings. The monoisotopic (exact) mass is 445 g/mol. The van der Waals surface area contributed by atoms with Gasteiger partial charge < -0.3 is 9.94 Å². The van der Waals surface area contributed by atoms with Crippen LogP contribution in [-0.4, -0.2) is 24.0 Å². The predicted molar refractivity (Wildman–Crippen MR) is 113 cm³/mol. The maximum Gasteiger partial charge on any atom is 0.311 e. The van der Waals surface area contributed by atoms with Crippen molar-refractivity contribution >= 4 is 46.5 Å². The molecule has 7 heteroatoms. The number of rotatable bonds is 2. The van der Waals surface area contributed by atoms with Crippen molar-refractivity contribution < 1.29 is 14.7 Å². The van der Waals surface area contributed by atoms with E-state index in [0.717, 1.165) is 24.0 Å². The molecule has 0 amide bonds. The summed E-state index contributed by atoms with van der Waals surface area (Å²) < 4.78 is 5.15. The van der Waals surface area contributed by atoms with Gasteiger partial charge in [-0.25, -0.2) is 0 Å². The lowest BCUT2D eigenvalue weighted by molar-refractivity contribution is -0.160. The van der Waals surface area contributed by atoms with Crippen molar-refractivity contribution in [2.75, 3.05) is 7.11 Å². The van der Waals surface area contributed by atoms with E-state index >= 15 is 0 Å². The predicted octanol–water partition coefficient (Wildman–Crippen LogP) is 6.59. The van der Waals surface area contributed by atoms with Crippen molar-refractivity contribution in [3.05, 3.63) is 31.8 Å². The Bertz CT molecular complexity index is 867. The molecule has 1 aromatic rings. The van der Waals surface area contributed by atoms with Crippen LogP contribution in [0.4, 0.5) is 0 Å². The zero-order chi connectivity index (χ0) is 21.0. The molecule has 3 rings (SSSR count). The molecule has 0 saturated heterocycles.